The average Bonchev–Trinajstić information content (AvgIpc) is 3.59. The fourth-order valence-electron chi connectivity index (χ4n) is 6.61. The molecule has 2 aromatic rings. The molecule has 7 heteroatoms. The largest absolute Gasteiger partial charge is 0.306 e. The van der Waals surface area contributed by atoms with Crippen LogP contribution < -0.4 is 9.80 Å². The first kappa shape index (κ1) is 22.0. The fraction of sp³-hybridized carbons (Fsp3) is 0.429. The third kappa shape index (κ3) is 3.56. The molecule has 2 unspecified atom stereocenters. The second-order valence-corrected chi connectivity index (χ2v) is 10.2. The predicted molar refractivity (Wildman–Crippen MR) is 130 cm³/mol. The summed E-state index contributed by atoms with van der Waals surface area (Å²) in [6, 6.07) is 17.1. The van der Waals surface area contributed by atoms with Crippen molar-refractivity contribution >= 4 is 35.0 Å². The number of nitrogens with zero attached hydrogens (tertiary/aromatic N) is 3. The zero-order valence-corrected chi connectivity index (χ0v) is 19.6. The average molecular weight is 472 g/mol. The Hall–Kier alpha value is -3.48. The lowest BCUT2D eigenvalue weighted by Gasteiger charge is -2.32. The molecule has 2 saturated carbocycles. The van der Waals surface area contributed by atoms with Crippen LogP contribution in [0.25, 0.3) is 0 Å². The summed E-state index contributed by atoms with van der Waals surface area (Å²) in [6.07, 6.45) is 4.64. The van der Waals surface area contributed by atoms with Crippen LogP contribution in [-0.4, -0.2) is 41.1 Å². The molecule has 35 heavy (non-hydrogen) atoms. The molecule has 4 amide bonds. The normalized spacial score (nSPS) is 27.7. The lowest BCUT2D eigenvalue weighted by Crippen LogP contribution is -2.49. The van der Waals surface area contributed by atoms with E-state index in [-0.39, 0.29) is 54.0 Å². The number of anilines is 2. The predicted octanol–water partition coefficient (Wildman–Crippen LogP) is 3.52. The Morgan fingerprint density at radius 1 is 0.686 bits per heavy atom. The molecule has 1 saturated heterocycles. The number of hydrogen-bond acceptors (Lipinski definition) is 4. The highest BCUT2D eigenvalue weighted by atomic mass is 16.2. The molecule has 0 bridgehead atoms. The van der Waals surface area contributed by atoms with Crippen molar-refractivity contribution in [1.29, 1.82) is 0 Å². The van der Waals surface area contributed by atoms with Gasteiger partial charge in [-0.25, -0.2) is 0 Å². The molecule has 3 fully saturated rings. The number of amides is 4. The second-order valence-electron chi connectivity index (χ2n) is 10.2. The highest BCUT2D eigenvalue weighted by Crippen LogP contribution is 2.44. The lowest BCUT2D eigenvalue weighted by molar-refractivity contribution is -0.143. The summed E-state index contributed by atoms with van der Waals surface area (Å²) < 4.78 is 0. The van der Waals surface area contributed by atoms with E-state index in [1.54, 1.807) is 9.80 Å². The molecular formula is C28H29N3O4. The molecule has 2 aromatic carbocycles. The molecular weight excluding hydrogens is 442 g/mol. The summed E-state index contributed by atoms with van der Waals surface area (Å²) in [6.45, 7) is 0.170. The van der Waals surface area contributed by atoms with Crippen LogP contribution in [0.15, 0.2) is 54.6 Å². The molecule has 6 rings (SSSR count). The minimum Gasteiger partial charge on any atom is -0.306 e. The molecule has 180 valence electrons. The highest BCUT2D eigenvalue weighted by Gasteiger charge is 2.51. The zero-order valence-electron chi connectivity index (χ0n) is 19.6. The van der Waals surface area contributed by atoms with E-state index in [0.29, 0.717) is 17.9 Å². The summed E-state index contributed by atoms with van der Waals surface area (Å²) in [5.41, 5.74) is 2.39. The number of imide groups is 1. The second kappa shape index (κ2) is 8.63. The van der Waals surface area contributed by atoms with Gasteiger partial charge in [-0.15, -0.1) is 0 Å². The van der Waals surface area contributed by atoms with Gasteiger partial charge in [0.05, 0.1) is 35.7 Å². The van der Waals surface area contributed by atoms with Crippen molar-refractivity contribution in [2.75, 3.05) is 16.3 Å². The van der Waals surface area contributed by atoms with Crippen molar-refractivity contribution in [1.82, 2.24) is 4.90 Å². The van der Waals surface area contributed by atoms with E-state index in [1.165, 1.54) is 4.90 Å². The fourth-order valence-corrected chi connectivity index (χ4v) is 6.61. The van der Waals surface area contributed by atoms with Gasteiger partial charge in [0.15, 0.2) is 0 Å². The van der Waals surface area contributed by atoms with Gasteiger partial charge in [0.25, 0.3) is 0 Å². The number of fused-ring (bicyclic) bond motifs is 3. The maximum atomic E-state index is 13.8. The van der Waals surface area contributed by atoms with Gasteiger partial charge in [-0.2, -0.15) is 0 Å². The molecule has 2 aliphatic carbocycles. The van der Waals surface area contributed by atoms with Gasteiger partial charge in [-0.1, -0.05) is 55.3 Å². The van der Waals surface area contributed by atoms with Crippen LogP contribution in [-0.2, 0) is 25.7 Å². The minimum atomic E-state index is -0.306. The SMILES string of the molecule is O=C1C2CCCC2C(=O)N1CC(=O)N1c2ccccc2N(Cc2ccccc2)C(=O)[C@H]2CCC[C@H]21. The third-order valence-corrected chi connectivity index (χ3v) is 8.25. The monoisotopic (exact) mass is 471 g/mol. The first-order chi connectivity index (χ1) is 17.0. The van der Waals surface area contributed by atoms with Gasteiger partial charge >= 0.3 is 0 Å². The van der Waals surface area contributed by atoms with E-state index in [0.717, 1.165) is 44.1 Å². The Labute approximate surface area is 204 Å². The van der Waals surface area contributed by atoms with E-state index in [2.05, 4.69) is 0 Å². The molecule has 2 aliphatic heterocycles. The van der Waals surface area contributed by atoms with Gasteiger partial charge in [-0.3, -0.25) is 24.1 Å². The maximum absolute atomic E-state index is 13.8. The summed E-state index contributed by atoms with van der Waals surface area (Å²) >= 11 is 0. The zero-order chi connectivity index (χ0) is 24.1. The molecule has 0 spiro atoms. The van der Waals surface area contributed by atoms with Crippen molar-refractivity contribution in [2.45, 2.75) is 51.1 Å². The van der Waals surface area contributed by atoms with Crippen LogP contribution in [0.1, 0.15) is 44.1 Å². The highest BCUT2D eigenvalue weighted by molar-refractivity contribution is 6.11. The van der Waals surface area contributed by atoms with Gasteiger partial charge < -0.3 is 9.80 Å². The topological polar surface area (TPSA) is 78.0 Å². The van der Waals surface area contributed by atoms with Crippen molar-refractivity contribution < 1.29 is 19.2 Å². The first-order valence-corrected chi connectivity index (χ1v) is 12.7. The van der Waals surface area contributed by atoms with Crippen LogP contribution in [0.3, 0.4) is 0 Å². The van der Waals surface area contributed by atoms with E-state index >= 15 is 0 Å². The van der Waals surface area contributed by atoms with Crippen LogP contribution in [0.4, 0.5) is 11.4 Å². The minimum absolute atomic E-state index is 0.0296. The summed E-state index contributed by atoms with van der Waals surface area (Å²) in [5.74, 6) is -1.52. The molecule has 0 aromatic heterocycles. The van der Waals surface area contributed by atoms with Crippen LogP contribution in [0, 0.1) is 17.8 Å². The number of rotatable bonds is 4. The number of likely N-dealkylation sites (tertiary alicyclic amines) is 1. The van der Waals surface area contributed by atoms with Crippen LogP contribution >= 0.6 is 0 Å². The molecule has 0 N–H and O–H groups in total. The third-order valence-electron chi connectivity index (χ3n) is 8.25. The van der Waals surface area contributed by atoms with Crippen molar-refractivity contribution in [2.24, 2.45) is 17.8 Å². The summed E-state index contributed by atoms with van der Waals surface area (Å²) in [4.78, 5) is 58.2. The molecule has 7 nitrogen and oxygen atoms in total. The first-order valence-electron chi connectivity index (χ1n) is 12.7. The van der Waals surface area contributed by atoms with E-state index in [4.69, 9.17) is 0 Å². The van der Waals surface area contributed by atoms with Gasteiger partial charge in [0.1, 0.15) is 6.54 Å². The Kier molecular flexibility index (Phi) is 5.43. The summed E-state index contributed by atoms with van der Waals surface area (Å²) in [7, 11) is 0. The quantitative estimate of drug-likeness (QED) is 0.640. The van der Waals surface area contributed by atoms with Crippen molar-refractivity contribution in [3.8, 4) is 0 Å². The number of benzene rings is 2. The number of carbonyl (C=O) groups is 4. The Balaban J connectivity index is 1.36. The molecule has 4 atom stereocenters. The van der Waals surface area contributed by atoms with Gasteiger partial charge in [-0.05, 0) is 43.4 Å². The maximum Gasteiger partial charge on any atom is 0.247 e. The number of hydrogen-bond donors (Lipinski definition) is 0. The standard InChI is InChI=1S/C28H29N3O4/c32-25(17-30-26(33)19-10-6-11-20(19)27(30)34)31-22-15-7-12-21(22)28(35)29(16-18-8-2-1-3-9-18)23-13-4-5-14-24(23)31/h1-5,8-9,13-14,19-22H,6-7,10-12,15-17H2/t19?,20?,21-,22+/m0/s1. The van der Waals surface area contributed by atoms with Crippen LogP contribution in [0.5, 0.6) is 0 Å². The summed E-state index contributed by atoms with van der Waals surface area (Å²) in [5, 5.41) is 0. The van der Waals surface area contributed by atoms with E-state index in [1.807, 2.05) is 54.6 Å². The lowest BCUT2D eigenvalue weighted by atomic mass is 10.00. The Morgan fingerprint density at radius 2 is 1.26 bits per heavy atom. The van der Waals surface area contributed by atoms with Gasteiger partial charge in [0, 0.05) is 6.04 Å². The molecule has 0 radical (unpaired) electrons. The van der Waals surface area contributed by atoms with Crippen molar-refractivity contribution in [3.63, 3.8) is 0 Å². The smallest absolute Gasteiger partial charge is 0.247 e. The number of carbonyl (C=O) groups excluding carboxylic acids is 4. The van der Waals surface area contributed by atoms with Crippen LogP contribution in [0.2, 0.25) is 0 Å². The van der Waals surface area contributed by atoms with E-state index < -0.39 is 0 Å². The molecule has 2 heterocycles. The van der Waals surface area contributed by atoms with Gasteiger partial charge in [0.2, 0.25) is 23.6 Å². The molecule has 4 aliphatic rings. The Morgan fingerprint density at radius 3 is 1.97 bits per heavy atom. The van der Waals surface area contributed by atoms with E-state index in [9.17, 15) is 19.2 Å². The van der Waals surface area contributed by atoms with Crippen molar-refractivity contribution in [3.05, 3.63) is 60.2 Å². The number of para-hydroxylation sites is 2. The Bertz CT molecular complexity index is 1170.